The number of nitrogens with zero attached hydrogens (tertiary/aromatic N) is 2. The second kappa shape index (κ2) is 3.72. The zero-order valence-electron chi connectivity index (χ0n) is 6.50. The van der Waals surface area contributed by atoms with Crippen LogP contribution in [0.2, 0.25) is 0 Å². The van der Waals surface area contributed by atoms with Crippen LogP contribution in [0.3, 0.4) is 0 Å². The van der Waals surface area contributed by atoms with E-state index >= 15 is 0 Å². The minimum Gasteiger partial charge on any atom is -0.249 e. The van der Waals surface area contributed by atoms with Gasteiger partial charge in [-0.3, -0.25) is 0 Å². The third-order valence-corrected chi connectivity index (χ3v) is 1.68. The highest BCUT2D eigenvalue weighted by molar-refractivity contribution is 9.09. The number of halogens is 1. The van der Waals surface area contributed by atoms with E-state index < -0.39 is 0 Å². The number of rotatable bonds is 3. The standard InChI is InChI=1S/C8H11BrN2/c1-3-11-6-8(5-10-11)4-7(2)9/h3,5-7H,1,4H2,2H3. The summed E-state index contributed by atoms with van der Waals surface area (Å²) >= 11 is 3.48. The first-order valence-corrected chi connectivity index (χ1v) is 4.43. The van der Waals surface area contributed by atoms with E-state index in [1.54, 1.807) is 10.9 Å². The first-order chi connectivity index (χ1) is 5.22. The summed E-state index contributed by atoms with van der Waals surface area (Å²) in [6.07, 6.45) is 6.53. The Bertz CT molecular complexity index is 240. The second-order valence-electron chi connectivity index (χ2n) is 2.50. The summed E-state index contributed by atoms with van der Waals surface area (Å²) in [5.74, 6) is 0. The van der Waals surface area contributed by atoms with Gasteiger partial charge in [0.05, 0.1) is 6.20 Å². The van der Waals surface area contributed by atoms with Crippen molar-refractivity contribution >= 4 is 22.1 Å². The van der Waals surface area contributed by atoms with Gasteiger partial charge in [-0.2, -0.15) is 5.10 Å². The van der Waals surface area contributed by atoms with Crippen LogP contribution in [0.5, 0.6) is 0 Å². The Hall–Kier alpha value is -0.570. The predicted molar refractivity (Wildman–Crippen MR) is 50.7 cm³/mol. The lowest BCUT2D eigenvalue weighted by atomic mass is 10.2. The largest absolute Gasteiger partial charge is 0.249 e. The molecular formula is C8H11BrN2. The van der Waals surface area contributed by atoms with Crippen LogP contribution in [0.4, 0.5) is 0 Å². The van der Waals surface area contributed by atoms with Crippen molar-refractivity contribution in [3.63, 3.8) is 0 Å². The SMILES string of the molecule is C=Cn1cc(CC(C)Br)cn1. The van der Waals surface area contributed by atoms with Crippen LogP contribution in [0.25, 0.3) is 6.20 Å². The van der Waals surface area contributed by atoms with Crippen LogP contribution in [0.15, 0.2) is 19.0 Å². The Morgan fingerprint density at radius 1 is 1.91 bits per heavy atom. The summed E-state index contributed by atoms with van der Waals surface area (Å²) in [7, 11) is 0. The van der Waals surface area contributed by atoms with Gasteiger partial charge >= 0.3 is 0 Å². The Morgan fingerprint density at radius 3 is 3.09 bits per heavy atom. The van der Waals surface area contributed by atoms with Gasteiger partial charge in [0.25, 0.3) is 0 Å². The van der Waals surface area contributed by atoms with Gasteiger partial charge < -0.3 is 0 Å². The molecule has 0 fully saturated rings. The Morgan fingerprint density at radius 2 is 2.64 bits per heavy atom. The molecule has 0 saturated carbocycles. The van der Waals surface area contributed by atoms with E-state index in [1.807, 2.05) is 12.4 Å². The average molecular weight is 215 g/mol. The van der Waals surface area contributed by atoms with Crippen LogP contribution in [0.1, 0.15) is 12.5 Å². The van der Waals surface area contributed by atoms with Crippen molar-refractivity contribution in [2.24, 2.45) is 0 Å². The molecule has 0 bridgehead atoms. The summed E-state index contributed by atoms with van der Waals surface area (Å²) in [5, 5.41) is 4.07. The van der Waals surface area contributed by atoms with Crippen molar-refractivity contribution in [3.05, 3.63) is 24.5 Å². The summed E-state index contributed by atoms with van der Waals surface area (Å²) in [6.45, 7) is 5.73. The Kier molecular flexibility index (Phi) is 2.88. The van der Waals surface area contributed by atoms with Gasteiger partial charge in [-0.25, -0.2) is 4.68 Å². The molecule has 1 heterocycles. The maximum atomic E-state index is 4.07. The minimum absolute atomic E-state index is 0.505. The molecule has 0 amide bonds. The zero-order valence-corrected chi connectivity index (χ0v) is 8.08. The van der Waals surface area contributed by atoms with Gasteiger partial charge in [0.2, 0.25) is 0 Å². The fraction of sp³-hybridized carbons (Fsp3) is 0.375. The zero-order chi connectivity index (χ0) is 8.27. The van der Waals surface area contributed by atoms with E-state index in [9.17, 15) is 0 Å². The van der Waals surface area contributed by atoms with Crippen molar-refractivity contribution in [1.82, 2.24) is 9.78 Å². The molecule has 0 saturated heterocycles. The van der Waals surface area contributed by atoms with Gasteiger partial charge in [0.15, 0.2) is 0 Å². The maximum Gasteiger partial charge on any atom is 0.0526 e. The number of hydrogen-bond acceptors (Lipinski definition) is 1. The Labute approximate surface area is 75.0 Å². The molecule has 1 aromatic heterocycles. The van der Waals surface area contributed by atoms with E-state index in [4.69, 9.17) is 0 Å². The second-order valence-corrected chi connectivity index (χ2v) is 4.06. The summed E-state index contributed by atoms with van der Waals surface area (Å²) in [4.78, 5) is 0.505. The van der Waals surface area contributed by atoms with Gasteiger partial charge in [-0.15, -0.1) is 0 Å². The monoisotopic (exact) mass is 214 g/mol. The average Bonchev–Trinajstić information content (AvgIpc) is 2.34. The lowest BCUT2D eigenvalue weighted by Crippen LogP contribution is -1.94. The molecule has 11 heavy (non-hydrogen) atoms. The number of alkyl halides is 1. The molecule has 0 aliphatic carbocycles. The third kappa shape index (κ3) is 2.50. The first kappa shape index (κ1) is 8.53. The van der Waals surface area contributed by atoms with E-state index in [0.717, 1.165) is 6.42 Å². The van der Waals surface area contributed by atoms with Crippen LogP contribution in [-0.2, 0) is 6.42 Å². The van der Waals surface area contributed by atoms with Gasteiger partial charge in [-0.05, 0) is 12.0 Å². The summed E-state index contributed by atoms with van der Waals surface area (Å²) in [6, 6.07) is 0. The number of aromatic nitrogens is 2. The highest BCUT2D eigenvalue weighted by Gasteiger charge is 2.00. The van der Waals surface area contributed by atoms with Gasteiger partial charge in [0.1, 0.15) is 0 Å². The Balaban J connectivity index is 2.65. The topological polar surface area (TPSA) is 17.8 Å². The molecule has 0 radical (unpaired) electrons. The van der Waals surface area contributed by atoms with Crippen molar-refractivity contribution < 1.29 is 0 Å². The highest BCUT2D eigenvalue weighted by Crippen LogP contribution is 2.07. The lowest BCUT2D eigenvalue weighted by molar-refractivity contribution is 0.933. The number of hydrogen-bond donors (Lipinski definition) is 0. The molecule has 0 aliphatic heterocycles. The third-order valence-electron chi connectivity index (χ3n) is 1.36. The normalized spacial score (nSPS) is 12.9. The fourth-order valence-corrected chi connectivity index (χ4v) is 1.28. The summed E-state index contributed by atoms with van der Waals surface area (Å²) < 4.78 is 1.71. The van der Waals surface area contributed by atoms with E-state index in [-0.39, 0.29) is 0 Å². The van der Waals surface area contributed by atoms with Crippen LogP contribution < -0.4 is 0 Å². The van der Waals surface area contributed by atoms with Crippen molar-refractivity contribution in [2.75, 3.05) is 0 Å². The molecule has 0 N–H and O–H groups in total. The predicted octanol–water partition coefficient (Wildman–Crippen LogP) is 2.31. The molecule has 1 unspecified atom stereocenters. The minimum atomic E-state index is 0.505. The quantitative estimate of drug-likeness (QED) is 0.707. The molecule has 0 aromatic carbocycles. The molecule has 2 nitrogen and oxygen atoms in total. The molecule has 1 rings (SSSR count). The molecule has 3 heteroatoms. The van der Waals surface area contributed by atoms with Crippen LogP contribution in [0, 0.1) is 0 Å². The smallest absolute Gasteiger partial charge is 0.0526 e. The summed E-state index contributed by atoms with van der Waals surface area (Å²) in [5.41, 5.74) is 1.23. The molecule has 1 atom stereocenters. The van der Waals surface area contributed by atoms with Crippen molar-refractivity contribution in [2.45, 2.75) is 18.2 Å². The van der Waals surface area contributed by atoms with Crippen molar-refractivity contribution in [3.8, 4) is 0 Å². The van der Waals surface area contributed by atoms with Gasteiger partial charge in [-0.1, -0.05) is 29.4 Å². The van der Waals surface area contributed by atoms with Gasteiger partial charge in [0, 0.05) is 17.2 Å². The van der Waals surface area contributed by atoms with E-state index in [0.29, 0.717) is 4.83 Å². The molecular weight excluding hydrogens is 204 g/mol. The van der Waals surface area contributed by atoms with E-state index in [1.165, 1.54) is 5.56 Å². The van der Waals surface area contributed by atoms with E-state index in [2.05, 4.69) is 34.5 Å². The molecule has 1 aromatic rings. The molecule has 60 valence electrons. The first-order valence-electron chi connectivity index (χ1n) is 3.52. The van der Waals surface area contributed by atoms with Crippen LogP contribution in [-0.4, -0.2) is 14.6 Å². The molecule has 0 spiro atoms. The van der Waals surface area contributed by atoms with Crippen molar-refractivity contribution in [1.29, 1.82) is 0 Å². The molecule has 0 aliphatic rings. The van der Waals surface area contributed by atoms with Crippen LogP contribution >= 0.6 is 15.9 Å². The maximum absolute atomic E-state index is 4.07. The highest BCUT2D eigenvalue weighted by atomic mass is 79.9. The lowest BCUT2D eigenvalue weighted by Gasteiger charge is -1.96. The fourth-order valence-electron chi connectivity index (χ4n) is 0.907.